The molecule has 378 valence electrons. The number of aromatic hydroxyl groups is 7. The van der Waals surface area contributed by atoms with Crippen LogP contribution in [0, 0.1) is 0 Å². The number of fused-ring (bicyclic) bond motifs is 2. The predicted octanol–water partition coefficient (Wildman–Crippen LogP) is 8.64. The molecule has 0 bridgehead atoms. The number of phenolic OH excluding ortho intramolecular Hbond substituents is 6. The fraction of sp³-hybridized carbons (Fsp3) is 0.259. The van der Waals surface area contributed by atoms with Gasteiger partial charge in [-0.3, -0.25) is 0 Å². The van der Waals surface area contributed by atoms with E-state index < -0.39 is 34.4 Å². The quantitative estimate of drug-likeness (QED) is 0.0612. The SMILES string of the molecule is CC(=O)C[C@@H](C)c1c(O)cc(/C=C/c2ccc(O)c(O)c2)oc1=O.C[C@@H]1C[C@@](C)(O)Oc2cc(/C=C/c3ccc(O)c(O)c3)oc(=O)c21.C[C@@H]1C[C@](C)(O)Oc2cc(/C=C/c3ccc(O)c(O)c3)oc(=O)c21. The van der Waals surface area contributed by atoms with Gasteiger partial charge in [-0.2, -0.15) is 0 Å². The van der Waals surface area contributed by atoms with Crippen molar-refractivity contribution in [2.75, 3.05) is 0 Å². The van der Waals surface area contributed by atoms with Gasteiger partial charge in [0.15, 0.2) is 34.5 Å². The fourth-order valence-corrected chi connectivity index (χ4v) is 8.16. The molecule has 8 rings (SSSR count). The highest BCUT2D eigenvalue weighted by atomic mass is 16.6. The van der Waals surface area contributed by atoms with Gasteiger partial charge in [-0.25, -0.2) is 14.4 Å². The van der Waals surface area contributed by atoms with Crippen LogP contribution in [0.4, 0.5) is 0 Å². The summed E-state index contributed by atoms with van der Waals surface area (Å²) in [5, 5.41) is 86.5. The van der Waals surface area contributed by atoms with Crippen molar-refractivity contribution in [1.82, 2.24) is 0 Å². The van der Waals surface area contributed by atoms with Crippen molar-refractivity contribution in [3.05, 3.63) is 155 Å². The molecule has 0 unspecified atom stereocenters. The van der Waals surface area contributed by atoms with Crippen LogP contribution in [-0.2, 0) is 4.79 Å². The molecular weight excluding hydrogens is 937 g/mol. The molecule has 9 N–H and O–H groups in total. The molecule has 18 heteroatoms. The number of ketones is 1. The second kappa shape index (κ2) is 21.7. The first-order valence-electron chi connectivity index (χ1n) is 22.4. The van der Waals surface area contributed by atoms with Crippen molar-refractivity contribution in [3.63, 3.8) is 0 Å². The molecule has 0 fully saturated rings. The Labute approximate surface area is 411 Å². The third kappa shape index (κ3) is 13.4. The Hall–Kier alpha value is -8.48. The van der Waals surface area contributed by atoms with Crippen LogP contribution in [0.25, 0.3) is 36.5 Å². The molecule has 5 atom stereocenters. The Morgan fingerprint density at radius 2 is 0.889 bits per heavy atom. The normalized spacial score (nSPS) is 19.5. The van der Waals surface area contributed by atoms with Gasteiger partial charge in [-0.05, 0) is 96.0 Å². The van der Waals surface area contributed by atoms with Crippen molar-refractivity contribution in [2.24, 2.45) is 0 Å². The Balaban J connectivity index is 0.000000176. The fourth-order valence-electron chi connectivity index (χ4n) is 8.16. The molecule has 3 aromatic carbocycles. The molecule has 2 aliphatic rings. The zero-order chi connectivity index (χ0) is 52.8. The number of rotatable bonds is 9. The van der Waals surface area contributed by atoms with E-state index in [9.17, 15) is 65.1 Å². The summed E-state index contributed by atoms with van der Waals surface area (Å²) in [6.45, 7) is 9.86. The summed E-state index contributed by atoms with van der Waals surface area (Å²) >= 11 is 0. The average molecular weight is 991 g/mol. The lowest BCUT2D eigenvalue weighted by Crippen LogP contribution is -2.39. The van der Waals surface area contributed by atoms with Crippen LogP contribution in [0.1, 0.15) is 129 Å². The standard InChI is InChI=1S/3C18H18O6/c2*1-10-9-18(2,22)24-15-8-12(23-17(21)16(10)15)5-3-11-4-6-13(19)14(20)7-11;1-10(7-11(2)19)17-16(22)9-13(24-18(17)23)5-3-12-4-6-14(20)15(21)8-12/h2*3-8,10,19-20,22H,9H2,1-2H3;3-6,8-10,20-22H,7H2,1-2H3/b3*5-3+/t10-,18+;10-,18-;10-/m111/s1. The topological polar surface area (TPSA) is 308 Å². The van der Waals surface area contributed by atoms with Gasteiger partial charge in [-0.15, -0.1) is 0 Å². The van der Waals surface area contributed by atoms with Gasteiger partial charge in [0.2, 0.25) is 11.6 Å². The predicted molar refractivity (Wildman–Crippen MR) is 265 cm³/mol. The summed E-state index contributed by atoms with van der Waals surface area (Å²) in [7, 11) is 0. The molecule has 3 aromatic heterocycles. The van der Waals surface area contributed by atoms with E-state index in [0.29, 0.717) is 52.2 Å². The monoisotopic (exact) mass is 990 g/mol. The van der Waals surface area contributed by atoms with Crippen molar-refractivity contribution in [3.8, 4) is 51.7 Å². The van der Waals surface area contributed by atoms with Gasteiger partial charge in [0.05, 0.1) is 16.7 Å². The van der Waals surface area contributed by atoms with E-state index in [1.54, 1.807) is 81.5 Å². The number of carbonyl (C=O) groups excluding carboxylic acids is 1. The number of ether oxygens (including phenoxy) is 2. The van der Waals surface area contributed by atoms with Crippen LogP contribution in [0.2, 0.25) is 0 Å². The zero-order valence-corrected chi connectivity index (χ0v) is 39.9. The molecule has 0 saturated carbocycles. The third-order valence-electron chi connectivity index (χ3n) is 11.3. The largest absolute Gasteiger partial charge is 0.507 e. The van der Waals surface area contributed by atoms with E-state index in [-0.39, 0.29) is 87.1 Å². The van der Waals surface area contributed by atoms with Gasteiger partial charge in [0.1, 0.15) is 40.3 Å². The van der Waals surface area contributed by atoms with Gasteiger partial charge >= 0.3 is 16.9 Å². The lowest BCUT2D eigenvalue weighted by molar-refractivity contribution is -0.140. The third-order valence-corrected chi connectivity index (χ3v) is 11.3. The molecule has 0 radical (unpaired) electrons. The summed E-state index contributed by atoms with van der Waals surface area (Å²) < 4.78 is 26.7. The van der Waals surface area contributed by atoms with E-state index >= 15 is 0 Å². The van der Waals surface area contributed by atoms with Gasteiger partial charge in [0.25, 0.3) is 0 Å². The van der Waals surface area contributed by atoms with Crippen LogP contribution in [0.15, 0.2) is 100 Å². The maximum absolute atomic E-state index is 12.2. The second-order valence-corrected chi connectivity index (χ2v) is 18.0. The van der Waals surface area contributed by atoms with Crippen molar-refractivity contribution in [2.45, 2.75) is 90.1 Å². The van der Waals surface area contributed by atoms with Crippen LogP contribution in [-0.4, -0.2) is 63.3 Å². The van der Waals surface area contributed by atoms with Crippen molar-refractivity contribution < 1.29 is 73.5 Å². The van der Waals surface area contributed by atoms with E-state index in [1.807, 2.05) is 13.8 Å². The van der Waals surface area contributed by atoms with Crippen LogP contribution in [0.3, 0.4) is 0 Å². The number of hydrogen-bond donors (Lipinski definition) is 9. The van der Waals surface area contributed by atoms with Crippen LogP contribution >= 0.6 is 0 Å². The highest BCUT2D eigenvalue weighted by Crippen LogP contribution is 2.40. The number of Topliss-reactive ketones (excluding diaryl/α,β-unsaturated/α-hetero) is 1. The lowest BCUT2D eigenvalue weighted by atomic mass is 9.91. The minimum absolute atomic E-state index is 0.0737. The van der Waals surface area contributed by atoms with E-state index in [2.05, 4.69) is 0 Å². The minimum atomic E-state index is -1.33. The highest BCUT2D eigenvalue weighted by Gasteiger charge is 2.37. The molecule has 0 spiro atoms. The molecule has 0 saturated heterocycles. The summed E-state index contributed by atoms with van der Waals surface area (Å²) in [6, 6.07) is 17.3. The average Bonchev–Trinajstić information content (AvgIpc) is 3.26. The number of phenols is 6. The number of aliphatic hydroxyl groups is 2. The van der Waals surface area contributed by atoms with Gasteiger partial charge in [-0.1, -0.05) is 57.2 Å². The molecular formula is C54H54O18. The summed E-state index contributed by atoms with van der Waals surface area (Å²) in [5.74, 6) is -3.90. The van der Waals surface area contributed by atoms with Crippen LogP contribution in [0.5, 0.6) is 51.7 Å². The van der Waals surface area contributed by atoms with Crippen molar-refractivity contribution >= 4 is 42.2 Å². The zero-order valence-electron chi connectivity index (χ0n) is 39.9. The lowest BCUT2D eigenvalue weighted by Gasteiger charge is -2.33. The maximum Gasteiger partial charge on any atom is 0.343 e. The molecule has 2 aliphatic heterocycles. The van der Waals surface area contributed by atoms with Gasteiger partial charge < -0.3 is 73.5 Å². The maximum atomic E-state index is 12.2. The minimum Gasteiger partial charge on any atom is -0.507 e. The molecule has 0 amide bonds. The summed E-state index contributed by atoms with van der Waals surface area (Å²) in [4.78, 5) is 47.6. The Morgan fingerprint density at radius 1 is 0.542 bits per heavy atom. The first kappa shape index (κ1) is 52.9. The summed E-state index contributed by atoms with van der Waals surface area (Å²) in [5.41, 5.74) is 1.02. The first-order valence-corrected chi connectivity index (χ1v) is 22.4. The highest BCUT2D eigenvalue weighted by molar-refractivity contribution is 5.76. The molecule has 0 aliphatic carbocycles. The smallest absolute Gasteiger partial charge is 0.343 e. The van der Waals surface area contributed by atoms with E-state index in [0.717, 1.165) is 0 Å². The molecule has 18 nitrogen and oxygen atoms in total. The first-order chi connectivity index (χ1) is 33.8. The Bertz CT molecular complexity index is 3110. The van der Waals surface area contributed by atoms with E-state index in [1.165, 1.54) is 55.5 Å². The molecule has 72 heavy (non-hydrogen) atoms. The van der Waals surface area contributed by atoms with Crippen molar-refractivity contribution in [1.29, 1.82) is 0 Å². The molecule has 6 aromatic rings. The molecule has 5 heterocycles. The summed E-state index contributed by atoms with van der Waals surface area (Å²) in [6.07, 6.45) is 10.1. The number of benzene rings is 3. The second-order valence-electron chi connectivity index (χ2n) is 18.0. The number of hydrogen-bond acceptors (Lipinski definition) is 18. The van der Waals surface area contributed by atoms with E-state index in [4.69, 9.17) is 22.7 Å². The Morgan fingerprint density at radius 3 is 1.22 bits per heavy atom. The number of carbonyl (C=O) groups is 1. The Kier molecular flexibility index (Phi) is 15.9. The van der Waals surface area contributed by atoms with Gasteiger partial charge in [0, 0.05) is 51.3 Å². The van der Waals surface area contributed by atoms with Crippen LogP contribution < -0.4 is 26.4 Å².